The van der Waals surface area contributed by atoms with Gasteiger partial charge in [0.05, 0.1) is 11.3 Å². The molecule has 1 aliphatic rings. The van der Waals surface area contributed by atoms with Gasteiger partial charge in [-0.15, -0.1) is 11.3 Å². The quantitative estimate of drug-likeness (QED) is 0.667. The third-order valence-corrected chi connectivity index (χ3v) is 6.31. The van der Waals surface area contributed by atoms with Crippen LogP contribution in [0, 0.1) is 0 Å². The number of Topliss-reactive ketones (excluding diaryl/α,β-unsaturated/α-hetero) is 1. The Bertz CT molecular complexity index is 1110. The fourth-order valence-electron chi connectivity index (χ4n) is 3.20. The molecule has 0 unspecified atom stereocenters. The lowest BCUT2D eigenvalue weighted by molar-refractivity contribution is -0.125. The van der Waals surface area contributed by atoms with Crippen LogP contribution < -0.4 is 0 Å². The Morgan fingerprint density at radius 1 is 1.04 bits per heavy atom. The van der Waals surface area contributed by atoms with Crippen molar-refractivity contribution in [2.75, 3.05) is 0 Å². The highest BCUT2D eigenvalue weighted by molar-refractivity contribution is 7.71. The molecule has 0 saturated carbocycles. The predicted molar refractivity (Wildman–Crippen MR) is 109 cm³/mol. The monoisotopic (exact) mass is 398 g/mol. The maximum Gasteiger partial charge on any atom is 0.210 e. The van der Waals surface area contributed by atoms with E-state index in [0.717, 1.165) is 20.5 Å². The lowest BCUT2D eigenvalue weighted by Crippen LogP contribution is -2.29. The molecule has 0 atom stereocenters. The van der Waals surface area contributed by atoms with Crippen LogP contribution in [0.2, 0.25) is 0 Å². The van der Waals surface area contributed by atoms with Crippen LogP contribution in [0.3, 0.4) is 0 Å². The molecule has 2 heterocycles. The lowest BCUT2D eigenvalue weighted by atomic mass is 9.96. The van der Waals surface area contributed by atoms with Crippen LogP contribution in [0.4, 0.5) is 0 Å². The van der Waals surface area contributed by atoms with Crippen LogP contribution in [0.25, 0.3) is 21.4 Å². The summed E-state index contributed by atoms with van der Waals surface area (Å²) in [6.07, 6.45) is 0. The van der Waals surface area contributed by atoms with Crippen molar-refractivity contribution in [2.45, 2.75) is 25.2 Å². The molecule has 0 amide bonds. The van der Waals surface area contributed by atoms with Gasteiger partial charge in [0.25, 0.3) is 0 Å². The van der Waals surface area contributed by atoms with Gasteiger partial charge >= 0.3 is 0 Å². The van der Waals surface area contributed by atoms with E-state index < -0.39 is 16.3 Å². The molecule has 4 rings (SSSR count). The normalized spacial score (nSPS) is 16.3. The molecule has 4 nitrogen and oxygen atoms in total. The summed E-state index contributed by atoms with van der Waals surface area (Å²) in [4.78, 5) is 13.9. The van der Waals surface area contributed by atoms with Crippen LogP contribution in [0.1, 0.15) is 29.9 Å². The van der Waals surface area contributed by atoms with Crippen molar-refractivity contribution in [3.63, 3.8) is 0 Å². The topological polar surface area (TPSA) is 60.4 Å². The predicted octanol–water partition coefficient (Wildman–Crippen LogP) is 4.26. The lowest BCUT2D eigenvalue weighted by Gasteiger charge is -2.17. The zero-order chi connectivity index (χ0) is 19.2. The van der Waals surface area contributed by atoms with Crippen LogP contribution >= 0.6 is 11.3 Å². The molecule has 3 aromatic rings. The summed E-state index contributed by atoms with van der Waals surface area (Å²) >= 11 is 1.57. The SMILES string of the molecule is CC1(C)OC(c2ccc(C[SH](=O)=O)cc2)=C(c2cc3ccccc3s2)C1=O. The smallest absolute Gasteiger partial charge is 0.210 e. The van der Waals surface area contributed by atoms with E-state index in [1.807, 2.05) is 42.5 Å². The Morgan fingerprint density at radius 2 is 1.74 bits per heavy atom. The van der Waals surface area contributed by atoms with E-state index in [2.05, 4.69) is 0 Å². The molecular formula is C21H18O4S2. The summed E-state index contributed by atoms with van der Waals surface area (Å²) in [6.45, 7) is 3.54. The molecule has 0 spiro atoms. The Hall–Kier alpha value is -2.44. The van der Waals surface area contributed by atoms with Crippen molar-refractivity contribution in [3.05, 3.63) is 70.6 Å². The third-order valence-electron chi connectivity index (χ3n) is 4.56. The number of ketones is 1. The Kier molecular flexibility index (Phi) is 4.40. The molecule has 2 aromatic carbocycles. The van der Waals surface area contributed by atoms with Gasteiger partial charge in [-0.2, -0.15) is 0 Å². The van der Waals surface area contributed by atoms with E-state index in [1.165, 1.54) is 0 Å². The van der Waals surface area contributed by atoms with Crippen molar-refractivity contribution in [1.29, 1.82) is 0 Å². The van der Waals surface area contributed by atoms with E-state index in [9.17, 15) is 13.2 Å². The molecule has 1 aromatic heterocycles. The number of fused-ring (bicyclic) bond motifs is 1. The van der Waals surface area contributed by atoms with Gasteiger partial charge in [0.2, 0.25) is 5.78 Å². The molecule has 6 heteroatoms. The van der Waals surface area contributed by atoms with Gasteiger partial charge in [-0.1, -0.05) is 42.5 Å². The zero-order valence-corrected chi connectivity index (χ0v) is 16.6. The Labute approximate surface area is 163 Å². The van der Waals surface area contributed by atoms with E-state index in [-0.39, 0.29) is 11.5 Å². The second-order valence-corrected chi connectivity index (χ2v) is 9.05. The van der Waals surface area contributed by atoms with Crippen molar-refractivity contribution in [1.82, 2.24) is 0 Å². The molecule has 0 aliphatic carbocycles. The summed E-state index contributed by atoms with van der Waals surface area (Å²) in [5.41, 5.74) is 1.13. The summed E-state index contributed by atoms with van der Waals surface area (Å²) < 4.78 is 29.0. The van der Waals surface area contributed by atoms with Gasteiger partial charge in [0, 0.05) is 15.1 Å². The number of thiophene rings is 1. The molecule has 138 valence electrons. The van der Waals surface area contributed by atoms with Gasteiger partial charge in [-0.05, 0) is 36.9 Å². The number of carbonyl (C=O) groups is 1. The van der Waals surface area contributed by atoms with E-state index in [0.29, 0.717) is 16.9 Å². The summed E-state index contributed by atoms with van der Waals surface area (Å²) in [6, 6.07) is 17.2. The van der Waals surface area contributed by atoms with Crippen LogP contribution in [-0.4, -0.2) is 19.8 Å². The third kappa shape index (κ3) is 3.31. The molecule has 27 heavy (non-hydrogen) atoms. The number of ether oxygens (including phenoxy) is 1. The number of hydrogen-bond donors (Lipinski definition) is 1. The summed E-state index contributed by atoms with van der Waals surface area (Å²) in [5, 5.41) is 1.09. The molecular weight excluding hydrogens is 380 g/mol. The average Bonchev–Trinajstić information content (AvgIpc) is 3.14. The fourth-order valence-corrected chi connectivity index (χ4v) is 4.81. The number of benzene rings is 2. The van der Waals surface area contributed by atoms with Crippen molar-refractivity contribution < 1.29 is 17.9 Å². The second-order valence-electron chi connectivity index (χ2n) is 6.98. The van der Waals surface area contributed by atoms with Gasteiger partial charge in [-0.3, -0.25) is 4.79 Å². The highest BCUT2D eigenvalue weighted by Crippen LogP contribution is 2.44. The molecule has 1 aliphatic heterocycles. The van der Waals surface area contributed by atoms with E-state index >= 15 is 0 Å². The van der Waals surface area contributed by atoms with Gasteiger partial charge in [0.15, 0.2) is 5.60 Å². The molecule has 0 fully saturated rings. The number of hydrogen-bond acceptors (Lipinski definition) is 5. The second kappa shape index (κ2) is 6.62. The molecule has 0 N–H and O–H groups in total. The maximum absolute atomic E-state index is 13.0. The minimum atomic E-state index is -2.47. The largest absolute Gasteiger partial charge is 0.478 e. The minimum Gasteiger partial charge on any atom is -0.478 e. The first kappa shape index (κ1) is 17.9. The highest BCUT2D eigenvalue weighted by atomic mass is 32.2. The fraction of sp³-hybridized carbons (Fsp3) is 0.190. The Morgan fingerprint density at radius 3 is 2.41 bits per heavy atom. The Balaban J connectivity index is 1.84. The first-order valence-corrected chi connectivity index (χ1v) is 10.7. The van der Waals surface area contributed by atoms with Crippen molar-refractivity contribution in [2.24, 2.45) is 0 Å². The molecule has 0 bridgehead atoms. The molecule has 0 radical (unpaired) electrons. The van der Waals surface area contributed by atoms with Crippen LogP contribution in [-0.2, 0) is 26.0 Å². The maximum atomic E-state index is 13.0. The number of thiol groups is 1. The summed E-state index contributed by atoms with van der Waals surface area (Å²) in [7, 11) is -2.47. The van der Waals surface area contributed by atoms with Crippen LogP contribution in [0.5, 0.6) is 0 Å². The van der Waals surface area contributed by atoms with E-state index in [1.54, 1.807) is 37.3 Å². The number of rotatable bonds is 4. The zero-order valence-electron chi connectivity index (χ0n) is 14.9. The van der Waals surface area contributed by atoms with Gasteiger partial charge in [0.1, 0.15) is 16.5 Å². The standard InChI is InChI=1S/C21H18O4S2/c1-21(2)20(22)18(17-11-15-5-3-4-6-16(15)26-17)19(25-21)14-9-7-13(8-10-14)12-27(23)24/h3-11,27H,12H2,1-2H3. The first-order valence-electron chi connectivity index (χ1n) is 8.53. The number of carbonyl (C=O) groups excluding carboxylic acids is 1. The first-order chi connectivity index (χ1) is 12.8. The molecule has 0 saturated heterocycles. The van der Waals surface area contributed by atoms with Crippen LogP contribution in [0.15, 0.2) is 54.6 Å². The van der Waals surface area contributed by atoms with Crippen molar-refractivity contribution >= 4 is 49.2 Å². The summed E-state index contributed by atoms with van der Waals surface area (Å²) in [5.74, 6) is 0.508. The van der Waals surface area contributed by atoms with Gasteiger partial charge in [-0.25, -0.2) is 8.42 Å². The van der Waals surface area contributed by atoms with Crippen molar-refractivity contribution in [3.8, 4) is 0 Å². The highest BCUT2D eigenvalue weighted by Gasteiger charge is 2.43. The van der Waals surface area contributed by atoms with Gasteiger partial charge < -0.3 is 4.74 Å². The minimum absolute atomic E-state index is 0.00309. The van der Waals surface area contributed by atoms with E-state index in [4.69, 9.17) is 4.74 Å². The average molecular weight is 399 g/mol.